The van der Waals surface area contributed by atoms with Crippen molar-refractivity contribution in [3.05, 3.63) is 44.2 Å². The number of fused-ring (bicyclic) bond motifs is 3. The van der Waals surface area contributed by atoms with Crippen LogP contribution in [0, 0.1) is 0 Å². The van der Waals surface area contributed by atoms with Gasteiger partial charge in [0, 0.05) is 0 Å². The van der Waals surface area contributed by atoms with Gasteiger partial charge in [0.05, 0.1) is 31.8 Å². The van der Waals surface area contributed by atoms with Crippen LogP contribution in [-0.4, -0.2) is 99.6 Å². The van der Waals surface area contributed by atoms with Gasteiger partial charge in [0.25, 0.3) is 0 Å². The third-order valence-corrected chi connectivity index (χ3v) is 5.53. The average molecular weight is 522 g/mol. The number of ether oxygens (including phenoxy) is 1. The fourth-order valence-electron chi connectivity index (χ4n) is 3.64. The Kier molecular flexibility index (Phi) is 6.91. The fourth-order valence-corrected chi connectivity index (χ4v) is 3.64. The number of aromatic nitrogens is 12. The summed E-state index contributed by atoms with van der Waals surface area (Å²) in [5.41, 5.74) is 14.8. The molecule has 0 unspecified atom stereocenters. The average Bonchev–Trinajstić information content (AvgIpc) is 3.73. The number of aromatic amines is 2. The Labute approximate surface area is 211 Å². The zero-order valence-electron chi connectivity index (χ0n) is 19.4. The molecular formula is C20H22N14O4. The summed E-state index contributed by atoms with van der Waals surface area (Å²) in [6, 6.07) is 0. The topological polar surface area (TPSA) is 274 Å². The maximum absolute atomic E-state index is 9.95. The number of rotatable bonds is 2. The molecule has 0 aromatic carbocycles. The minimum atomic E-state index is -1.19. The summed E-state index contributed by atoms with van der Waals surface area (Å²) in [6.45, 7) is -0.390. The van der Waals surface area contributed by atoms with Crippen LogP contribution in [0.15, 0.2) is 44.2 Å². The van der Waals surface area contributed by atoms with E-state index in [0.717, 1.165) is 5.52 Å². The lowest BCUT2D eigenvalue weighted by atomic mass is 10.1. The molecule has 1 saturated heterocycles. The highest BCUT2D eigenvalue weighted by molar-refractivity contribution is 5.81. The summed E-state index contributed by atoms with van der Waals surface area (Å²) < 4.78 is 6.85. The zero-order valence-corrected chi connectivity index (χ0v) is 19.4. The molecule has 18 nitrogen and oxygen atoms in total. The molecule has 18 heteroatoms. The number of anilines is 2. The SMILES string of the molecule is Nc1ncnc2c1ncn2[C@@H]1O[C@H](CO)[C@@H](O)[C@H]1O.Nc1ncnc2nc[nH]c12.c1ncc2[nH]cnc2n1. The maximum Gasteiger partial charge on any atom is 0.182 e. The van der Waals surface area contributed by atoms with E-state index in [-0.39, 0.29) is 5.82 Å². The molecule has 1 aliphatic heterocycles. The van der Waals surface area contributed by atoms with E-state index < -0.39 is 31.1 Å². The van der Waals surface area contributed by atoms with Gasteiger partial charge in [-0.2, -0.15) is 0 Å². The second-order valence-corrected chi connectivity index (χ2v) is 7.83. The van der Waals surface area contributed by atoms with Gasteiger partial charge in [0.1, 0.15) is 53.8 Å². The van der Waals surface area contributed by atoms with Gasteiger partial charge < -0.3 is 41.5 Å². The predicted molar refractivity (Wildman–Crippen MR) is 131 cm³/mol. The van der Waals surface area contributed by atoms with Crippen LogP contribution in [0.25, 0.3) is 33.5 Å². The van der Waals surface area contributed by atoms with Crippen molar-refractivity contribution in [3.63, 3.8) is 0 Å². The number of nitrogens with one attached hydrogen (secondary N) is 2. The number of aliphatic hydroxyl groups is 3. The first kappa shape index (κ1) is 24.8. The highest BCUT2D eigenvalue weighted by Gasteiger charge is 2.43. The van der Waals surface area contributed by atoms with Crippen LogP contribution in [0.4, 0.5) is 11.6 Å². The smallest absolute Gasteiger partial charge is 0.182 e. The van der Waals surface area contributed by atoms with E-state index in [1.807, 2.05) is 0 Å². The van der Waals surface area contributed by atoms with Gasteiger partial charge in [-0.05, 0) is 0 Å². The summed E-state index contributed by atoms with van der Waals surface area (Å²) in [4.78, 5) is 40.7. The number of hydrogen-bond donors (Lipinski definition) is 7. The molecule has 0 aliphatic carbocycles. The van der Waals surface area contributed by atoms with Crippen molar-refractivity contribution in [2.75, 3.05) is 18.1 Å². The van der Waals surface area contributed by atoms with Crippen molar-refractivity contribution in [2.45, 2.75) is 24.5 Å². The van der Waals surface area contributed by atoms with Crippen molar-refractivity contribution in [1.29, 1.82) is 0 Å². The first-order chi connectivity index (χ1) is 18.5. The normalized spacial score (nSPS) is 20.7. The molecule has 0 radical (unpaired) electrons. The minimum Gasteiger partial charge on any atom is -0.394 e. The maximum atomic E-state index is 9.95. The van der Waals surface area contributed by atoms with E-state index in [1.165, 1.54) is 36.2 Å². The first-order valence-corrected chi connectivity index (χ1v) is 11.0. The number of nitrogens with two attached hydrogens (primary N) is 2. The monoisotopic (exact) mass is 522 g/mol. The molecule has 9 N–H and O–H groups in total. The van der Waals surface area contributed by atoms with E-state index in [9.17, 15) is 10.2 Å². The van der Waals surface area contributed by atoms with Crippen LogP contribution in [0.5, 0.6) is 0 Å². The van der Waals surface area contributed by atoms with Crippen LogP contribution in [0.3, 0.4) is 0 Å². The molecule has 1 aliphatic rings. The first-order valence-electron chi connectivity index (χ1n) is 11.0. The Hall–Kier alpha value is -4.91. The molecule has 7 heterocycles. The predicted octanol–water partition coefficient (Wildman–Crippen LogP) is -1.69. The standard InChI is InChI=1S/C10H13N5O4.C5H5N5.C5H4N4/c11-8-5-9(13-2-12-8)15(3-14-5)10-7(18)6(17)4(1-16)19-10;6-4-3-5(9-1-7-3)10-2-8-4;1-4-5(8-2-6-1)9-3-7-4/h2-4,6-7,10,16-18H,1H2,(H2,11,12,13);1-2H,(H3,6,7,8,9,10);1-3H,(H,6,7,8,9)/t4-,6-,7-,10-;;/m1../s1. The number of imidazole rings is 3. The molecule has 1 fully saturated rings. The van der Waals surface area contributed by atoms with Crippen LogP contribution >= 0.6 is 0 Å². The molecule has 0 bridgehead atoms. The Morgan fingerprint density at radius 1 is 0.842 bits per heavy atom. The van der Waals surface area contributed by atoms with Crippen LogP contribution in [0.2, 0.25) is 0 Å². The second-order valence-electron chi connectivity index (χ2n) is 7.83. The van der Waals surface area contributed by atoms with E-state index in [0.29, 0.717) is 33.8 Å². The molecule has 4 atom stereocenters. The van der Waals surface area contributed by atoms with Gasteiger partial charge in [-0.25, -0.2) is 44.9 Å². The van der Waals surface area contributed by atoms with Gasteiger partial charge in [0.15, 0.2) is 34.8 Å². The number of nitrogens with zero attached hydrogens (tertiary/aromatic N) is 10. The van der Waals surface area contributed by atoms with Crippen LogP contribution < -0.4 is 11.5 Å². The summed E-state index contributed by atoms with van der Waals surface area (Å²) in [5, 5.41) is 28.7. The Morgan fingerprint density at radius 2 is 1.58 bits per heavy atom. The van der Waals surface area contributed by atoms with E-state index in [2.05, 4.69) is 54.8 Å². The van der Waals surface area contributed by atoms with Gasteiger partial charge >= 0.3 is 0 Å². The number of nitrogen functional groups attached to an aromatic ring is 2. The molecule has 196 valence electrons. The fraction of sp³-hybridized carbons (Fsp3) is 0.250. The summed E-state index contributed by atoms with van der Waals surface area (Å²) in [5.74, 6) is 0.651. The van der Waals surface area contributed by atoms with Crippen molar-refractivity contribution in [2.24, 2.45) is 0 Å². The summed E-state index contributed by atoms with van der Waals surface area (Å²) in [6.07, 6.45) is 6.26. The minimum absolute atomic E-state index is 0.218. The van der Waals surface area contributed by atoms with E-state index in [4.69, 9.17) is 21.3 Å². The van der Waals surface area contributed by atoms with E-state index >= 15 is 0 Å². The van der Waals surface area contributed by atoms with Crippen molar-refractivity contribution in [1.82, 2.24) is 59.4 Å². The van der Waals surface area contributed by atoms with E-state index in [1.54, 1.807) is 12.5 Å². The van der Waals surface area contributed by atoms with Crippen LogP contribution in [-0.2, 0) is 4.74 Å². The molecule has 38 heavy (non-hydrogen) atoms. The third-order valence-electron chi connectivity index (χ3n) is 5.53. The Balaban J connectivity index is 0.000000129. The third kappa shape index (κ3) is 4.74. The largest absolute Gasteiger partial charge is 0.394 e. The lowest BCUT2D eigenvalue weighted by Gasteiger charge is -2.16. The number of H-pyrrole nitrogens is 2. The van der Waals surface area contributed by atoms with Crippen molar-refractivity contribution in [3.8, 4) is 0 Å². The lowest BCUT2D eigenvalue weighted by Crippen LogP contribution is -2.33. The van der Waals surface area contributed by atoms with Crippen molar-refractivity contribution >= 4 is 45.1 Å². The molecular weight excluding hydrogens is 500 g/mol. The lowest BCUT2D eigenvalue weighted by molar-refractivity contribution is -0.0511. The van der Waals surface area contributed by atoms with Crippen LogP contribution in [0.1, 0.15) is 6.23 Å². The van der Waals surface area contributed by atoms with Gasteiger partial charge in [-0.1, -0.05) is 0 Å². The summed E-state index contributed by atoms with van der Waals surface area (Å²) >= 11 is 0. The van der Waals surface area contributed by atoms with Crippen molar-refractivity contribution < 1.29 is 20.1 Å². The number of hydrogen-bond acceptors (Lipinski definition) is 15. The quantitative estimate of drug-likeness (QED) is 0.133. The highest BCUT2D eigenvalue weighted by atomic mass is 16.6. The molecule has 0 saturated carbocycles. The Morgan fingerprint density at radius 3 is 2.34 bits per heavy atom. The molecule has 7 rings (SSSR count). The highest BCUT2D eigenvalue weighted by Crippen LogP contribution is 2.31. The molecule has 0 amide bonds. The zero-order chi connectivity index (χ0) is 26.6. The van der Waals surface area contributed by atoms with Gasteiger partial charge in [-0.3, -0.25) is 4.57 Å². The molecule has 0 spiro atoms. The summed E-state index contributed by atoms with van der Waals surface area (Å²) in [7, 11) is 0. The molecule has 6 aromatic heterocycles. The Bertz CT molecular complexity index is 1620. The molecule has 6 aromatic rings. The number of aliphatic hydroxyl groups excluding tert-OH is 3. The second kappa shape index (κ2) is 10.6. The van der Waals surface area contributed by atoms with Gasteiger partial charge in [0.2, 0.25) is 0 Å². The van der Waals surface area contributed by atoms with Gasteiger partial charge in [-0.15, -0.1) is 0 Å².